The lowest BCUT2D eigenvalue weighted by atomic mass is 9.96. The van der Waals surface area contributed by atoms with E-state index in [2.05, 4.69) is 5.32 Å². The highest BCUT2D eigenvalue weighted by Gasteiger charge is 2.39. The number of carbonyl (C=O) groups is 1. The van der Waals surface area contributed by atoms with Crippen LogP contribution in [0.4, 0.5) is 5.69 Å². The minimum Gasteiger partial charge on any atom is -0.398 e. The van der Waals surface area contributed by atoms with Crippen LogP contribution in [0.2, 0.25) is 5.02 Å². The molecule has 104 valence electrons. The number of amides is 1. The van der Waals surface area contributed by atoms with Gasteiger partial charge in [0.25, 0.3) is 5.91 Å². The minimum absolute atomic E-state index is 0.109. The first-order chi connectivity index (χ1) is 8.94. The maximum atomic E-state index is 12.1. The fraction of sp³-hybridized carbons (Fsp3) is 0.462. The van der Waals surface area contributed by atoms with Crippen molar-refractivity contribution in [3.8, 4) is 0 Å². The number of carbonyl (C=O) groups excluding carboxylic acids is 1. The highest BCUT2D eigenvalue weighted by Crippen LogP contribution is 2.26. The number of nitrogen functional groups attached to an aromatic ring is 1. The molecule has 1 heterocycles. The molecule has 1 aromatic carbocycles. The number of anilines is 1. The van der Waals surface area contributed by atoms with Gasteiger partial charge in [0.05, 0.1) is 16.7 Å². The van der Waals surface area contributed by atoms with E-state index in [9.17, 15) is 9.90 Å². The average Bonchev–Trinajstić information content (AvgIpc) is 2.67. The summed E-state index contributed by atoms with van der Waals surface area (Å²) in [5.74, 6) is -0.393. The highest BCUT2D eigenvalue weighted by molar-refractivity contribution is 6.34. The Hall–Kier alpha value is -1.30. The maximum Gasteiger partial charge on any atom is 0.254 e. The predicted octanol–water partition coefficient (Wildman–Crippen LogP) is 1.19. The molecule has 0 bridgehead atoms. The molecule has 6 heteroatoms. The van der Waals surface area contributed by atoms with Gasteiger partial charge in [-0.2, -0.15) is 0 Å². The Morgan fingerprint density at radius 1 is 1.68 bits per heavy atom. The Kier molecular flexibility index (Phi) is 3.99. The zero-order chi connectivity index (χ0) is 14.0. The number of ether oxygens (including phenoxy) is 1. The molecule has 1 aromatic rings. The Balaban J connectivity index is 2.06. The summed E-state index contributed by atoms with van der Waals surface area (Å²) >= 11 is 5.96. The molecule has 5 nitrogen and oxygen atoms in total. The molecule has 2 rings (SSSR count). The van der Waals surface area contributed by atoms with Crippen LogP contribution >= 0.6 is 11.6 Å². The number of nitrogens with one attached hydrogen (secondary N) is 1. The van der Waals surface area contributed by atoms with Gasteiger partial charge < -0.3 is 20.9 Å². The van der Waals surface area contributed by atoms with Crippen LogP contribution in [-0.4, -0.2) is 35.9 Å². The third kappa shape index (κ3) is 2.83. The summed E-state index contributed by atoms with van der Waals surface area (Å²) in [7, 11) is 0. The van der Waals surface area contributed by atoms with Crippen molar-refractivity contribution in [2.45, 2.75) is 25.0 Å². The van der Waals surface area contributed by atoms with E-state index in [0.29, 0.717) is 23.7 Å². The molecule has 0 saturated carbocycles. The molecule has 0 aromatic heterocycles. The molecule has 2 atom stereocenters. The average molecular weight is 285 g/mol. The van der Waals surface area contributed by atoms with E-state index in [0.717, 1.165) is 0 Å². The van der Waals surface area contributed by atoms with Gasteiger partial charge in [-0.05, 0) is 19.1 Å². The van der Waals surface area contributed by atoms with E-state index >= 15 is 0 Å². The first kappa shape index (κ1) is 14.1. The van der Waals surface area contributed by atoms with Crippen molar-refractivity contribution < 1.29 is 14.6 Å². The van der Waals surface area contributed by atoms with Crippen molar-refractivity contribution in [2.75, 3.05) is 18.9 Å². The number of rotatable bonds is 3. The zero-order valence-electron chi connectivity index (χ0n) is 10.6. The van der Waals surface area contributed by atoms with E-state index in [1.807, 2.05) is 0 Å². The Bertz CT molecular complexity index is 475. The van der Waals surface area contributed by atoms with Crippen LogP contribution in [0.1, 0.15) is 23.7 Å². The minimum atomic E-state index is -1.04. The predicted molar refractivity (Wildman–Crippen MR) is 73.2 cm³/mol. The van der Waals surface area contributed by atoms with Gasteiger partial charge in [0.2, 0.25) is 0 Å². The number of halogens is 1. The smallest absolute Gasteiger partial charge is 0.254 e. The number of hydrogen-bond donors (Lipinski definition) is 3. The van der Waals surface area contributed by atoms with Crippen molar-refractivity contribution in [1.29, 1.82) is 0 Å². The molecule has 0 spiro atoms. The second-order valence-corrected chi connectivity index (χ2v) is 5.16. The molecule has 0 aliphatic carbocycles. The first-order valence-electron chi connectivity index (χ1n) is 6.10. The molecule has 1 amide bonds. The second kappa shape index (κ2) is 5.36. The fourth-order valence-electron chi connectivity index (χ4n) is 2.11. The fourth-order valence-corrected chi connectivity index (χ4v) is 2.37. The SMILES string of the molecule is CC1OCCC1(O)CNC(=O)c1c(N)cccc1Cl. The molecule has 2 unspecified atom stereocenters. The van der Waals surface area contributed by atoms with Gasteiger partial charge in [-0.3, -0.25) is 4.79 Å². The van der Waals surface area contributed by atoms with Gasteiger partial charge in [-0.15, -0.1) is 0 Å². The summed E-state index contributed by atoms with van der Waals surface area (Å²) in [6, 6.07) is 4.88. The molecular weight excluding hydrogens is 268 g/mol. The normalized spacial score (nSPS) is 26.4. The van der Waals surface area contributed by atoms with Crippen LogP contribution in [0.25, 0.3) is 0 Å². The molecule has 1 aliphatic rings. The van der Waals surface area contributed by atoms with Crippen molar-refractivity contribution in [3.63, 3.8) is 0 Å². The topological polar surface area (TPSA) is 84.6 Å². The lowest BCUT2D eigenvalue weighted by molar-refractivity contribution is -0.0251. The zero-order valence-corrected chi connectivity index (χ0v) is 11.4. The van der Waals surface area contributed by atoms with Gasteiger partial charge >= 0.3 is 0 Å². The van der Waals surface area contributed by atoms with Crippen LogP contribution in [0.3, 0.4) is 0 Å². The number of hydrogen-bond acceptors (Lipinski definition) is 4. The molecular formula is C13H17ClN2O3. The summed E-state index contributed by atoms with van der Waals surface area (Å²) in [6.45, 7) is 2.38. The summed E-state index contributed by atoms with van der Waals surface area (Å²) in [5.41, 5.74) is 5.25. The maximum absolute atomic E-state index is 12.1. The number of aliphatic hydroxyl groups is 1. The Labute approximate surface area is 116 Å². The van der Waals surface area contributed by atoms with Gasteiger partial charge in [0.1, 0.15) is 5.60 Å². The second-order valence-electron chi connectivity index (χ2n) is 4.75. The number of benzene rings is 1. The van der Waals surface area contributed by atoms with E-state index in [1.165, 1.54) is 0 Å². The first-order valence-corrected chi connectivity index (χ1v) is 6.48. The van der Waals surface area contributed by atoms with Crippen LogP contribution in [0.15, 0.2) is 18.2 Å². The van der Waals surface area contributed by atoms with Crippen molar-refractivity contribution >= 4 is 23.2 Å². The summed E-state index contributed by atoms with van der Waals surface area (Å²) < 4.78 is 5.30. The Morgan fingerprint density at radius 2 is 2.42 bits per heavy atom. The molecule has 1 fully saturated rings. The lowest BCUT2D eigenvalue weighted by Crippen LogP contribution is -2.47. The largest absolute Gasteiger partial charge is 0.398 e. The molecule has 4 N–H and O–H groups in total. The van der Waals surface area contributed by atoms with Crippen molar-refractivity contribution in [2.24, 2.45) is 0 Å². The van der Waals surface area contributed by atoms with Crippen molar-refractivity contribution in [1.82, 2.24) is 5.32 Å². The molecule has 1 aliphatic heterocycles. The monoisotopic (exact) mass is 284 g/mol. The van der Waals surface area contributed by atoms with E-state index in [-0.39, 0.29) is 18.2 Å². The van der Waals surface area contributed by atoms with Gasteiger partial charge in [0, 0.05) is 25.3 Å². The van der Waals surface area contributed by atoms with Gasteiger partial charge in [0.15, 0.2) is 0 Å². The molecule has 0 radical (unpaired) electrons. The van der Waals surface area contributed by atoms with Crippen molar-refractivity contribution in [3.05, 3.63) is 28.8 Å². The number of nitrogens with two attached hydrogens (primary N) is 1. The Morgan fingerprint density at radius 3 is 3.00 bits per heavy atom. The summed E-state index contributed by atoms with van der Waals surface area (Å²) in [6.07, 6.45) is 0.184. The van der Waals surface area contributed by atoms with E-state index in [4.69, 9.17) is 22.1 Å². The van der Waals surface area contributed by atoms with Gasteiger partial charge in [-0.25, -0.2) is 0 Å². The summed E-state index contributed by atoms with van der Waals surface area (Å²) in [4.78, 5) is 12.1. The summed E-state index contributed by atoms with van der Waals surface area (Å²) in [5, 5.41) is 13.2. The third-order valence-corrected chi connectivity index (χ3v) is 3.80. The van der Waals surface area contributed by atoms with Crippen LogP contribution in [0.5, 0.6) is 0 Å². The lowest BCUT2D eigenvalue weighted by Gasteiger charge is -2.26. The quantitative estimate of drug-likeness (QED) is 0.728. The molecule has 1 saturated heterocycles. The highest BCUT2D eigenvalue weighted by atomic mass is 35.5. The standard InChI is InChI=1S/C13H17ClN2O3/c1-8-13(18,5-6-19-8)7-16-12(17)11-9(14)3-2-4-10(11)15/h2-4,8,18H,5-7,15H2,1H3,(H,16,17). The van der Waals surface area contributed by atoms with Crippen LogP contribution in [0, 0.1) is 0 Å². The third-order valence-electron chi connectivity index (χ3n) is 3.49. The van der Waals surface area contributed by atoms with Gasteiger partial charge in [-0.1, -0.05) is 17.7 Å². The van der Waals surface area contributed by atoms with Crippen LogP contribution in [-0.2, 0) is 4.74 Å². The van der Waals surface area contributed by atoms with Crippen LogP contribution < -0.4 is 11.1 Å². The van der Waals surface area contributed by atoms with E-state index in [1.54, 1.807) is 25.1 Å². The van der Waals surface area contributed by atoms with E-state index < -0.39 is 11.5 Å². The molecule has 19 heavy (non-hydrogen) atoms.